The molecular weight excluding hydrogens is 202 g/mol. The summed E-state index contributed by atoms with van der Waals surface area (Å²) in [5.74, 6) is 0.153. The molecule has 0 radical (unpaired) electrons. The van der Waals surface area contributed by atoms with E-state index >= 15 is 0 Å². The molecule has 1 unspecified atom stereocenters. The van der Waals surface area contributed by atoms with E-state index in [1.165, 1.54) is 0 Å². The summed E-state index contributed by atoms with van der Waals surface area (Å²) in [5, 5.41) is 2.97. The zero-order chi connectivity index (χ0) is 12.1. The van der Waals surface area contributed by atoms with Gasteiger partial charge in [0.1, 0.15) is 0 Å². The van der Waals surface area contributed by atoms with Crippen LogP contribution in [0.3, 0.4) is 0 Å². The van der Waals surface area contributed by atoms with Crippen molar-refractivity contribution in [2.75, 3.05) is 32.7 Å². The summed E-state index contributed by atoms with van der Waals surface area (Å²) in [6.45, 7) is 13.5. The molecule has 94 valence electrons. The van der Waals surface area contributed by atoms with Gasteiger partial charge in [-0.25, -0.2) is 0 Å². The molecule has 0 aromatic rings. The van der Waals surface area contributed by atoms with Crippen LogP contribution in [-0.4, -0.2) is 60.5 Å². The third-order valence-electron chi connectivity index (χ3n) is 3.21. The topological polar surface area (TPSA) is 35.6 Å². The van der Waals surface area contributed by atoms with E-state index in [-0.39, 0.29) is 18.0 Å². The van der Waals surface area contributed by atoms with Crippen LogP contribution in [0.1, 0.15) is 27.7 Å². The van der Waals surface area contributed by atoms with Crippen LogP contribution in [0, 0.1) is 0 Å². The summed E-state index contributed by atoms with van der Waals surface area (Å²) in [7, 11) is 0. The van der Waals surface area contributed by atoms with Crippen LogP contribution in [-0.2, 0) is 4.79 Å². The predicted molar refractivity (Wildman–Crippen MR) is 66.4 cm³/mol. The summed E-state index contributed by atoms with van der Waals surface area (Å²) < 4.78 is 0. The Morgan fingerprint density at radius 1 is 1.19 bits per heavy atom. The van der Waals surface area contributed by atoms with Crippen LogP contribution in [0.5, 0.6) is 0 Å². The summed E-state index contributed by atoms with van der Waals surface area (Å²) in [6, 6.07) is 0.230. The predicted octanol–water partition coefficient (Wildman–Crippen LogP) is 0.537. The van der Waals surface area contributed by atoms with Crippen molar-refractivity contribution >= 4 is 5.91 Å². The molecule has 0 aliphatic carbocycles. The molecule has 1 amide bonds. The van der Waals surface area contributed by atoms with Gasteiger partial charge in [-0.2, -0.15) is 0 Å². The highest BCUT2D eigenvalue weighted by atomic mass is 16.2. The van der Waals surface area contributed by atoms with Crippen LogP contribution in [0.4, 0.5) is 0 Å². The SMILES string of the molecule is CCN1CCN(C(C)C(=O)NC(C)C)CC1. The molecule has 4 nitrogen and oxygen atoms in total. The van der Waals surface area contributed by atoms with Crippen LogP contribution in [0.2, 0.25) is 0 Å². The minimum atomic E-state index is 0.00130. The molecule has 1 heterocycles. The van der Waals surface area contributed by atoms with Gasteiger partial charge in [-0.3, -0.25) is 9.69 Å². The van der Waals surface area contributed by atoms with Gasteiger partial charge in [0.25, 0.3) is 0 Å². The van der Waals surface area contributed by atoms with Gasteiger partial charge in [-0.15, -0.1) is 0 Å². The largest absolute Gasteiger partial charge is 0.353 e. The zero-order valence-electron chi connectivity index (χ0n) is 11.0. The maximum atomic E-state index is 11.8. The Morgan fingerprint density at radius 2 is 1.75 bits per heavy atom. The van der Waals surface area contributed by atoms with Gasteiger partial charge in [-0.1, -0.05) is 6.92 Å². The van der Waals surface area contributed by atoms with Crippen molar-refractivity contribution in [2.24, 2.45) is 0 Å². The number of nitrogens with zero attached hydrogens (tertiary/aromatic N) is 2. The second-order valence-corrected chi connectivity index (χ2v) is 4.81. The first kappa shape index (κ1) is 13.5. The maximum absolute atomic E-state index is 11.8. The van der Waals surface area contributed by atoms with E-state index in [0.29, 0.717) is 0 Å². The number of carbonyl (C=O) groups is 1. The van der Waals surface area contributed by atoms with Gasteiger partial charge < -0.3 is 10.2 Å². The van der Waals surface area contributed by atoms with Crippen molar-refractivity contribution in [3.05, 3.63) is 0 Å². The molecule has 0 spiro atoms. The fraction of sp³-hybridized carbons (Fsp3) is 0.917. The van der Waals surface area contributed by atoms with E-state index in [4.69, 9.17) is 0 Å². The van der Waals surface area contributed by atoms with Gasteiger partial charge in [0.2, 0.25) is 5.91 Å². The normalized spacial score (nSPS) is 21.1. The van der Waals surface area contributed by atoms with Crippen LogP contribution in [0.25, 0.3) is 0 Å². The Labute approximate surface area is 99.0 Å². The van der Waals surface area contributed by atoms with Gasteiger partial charge in [0.05, 0.1) is 6.04 Å². The highest BCUT2D eigenvalue weighted by Crippen LogP contribution is 2.06. The number of hydrogen-bond donors (Lipinski definition) is 1. The first-order valence-corrected chi connectivity index (χ1v) is 6.31. The monoisotopic (exact) mass is 227 g/mol. The molecule has 16 heavy (non-hydrogen) atoms. The first-order valence-electron chi connectivity index (χ1n) is 6.31. The second-order valence-electron chi connectivity index (χ2n) is 4.81. The fourth-order valence-corrected chi connectivity index (χ4v) is 2.04. The van der Waals surface area contributed by atoms with Crippen molar-refractivity contribution in [2.45, 2.75) is 39.8 Å². The maximum Gasteiger partial charge on any atom is 0.237 e. The summed E-state index contributed by atoms with van der Waals surface area (Å²) in [5.41, 5.74) is 0. The Balaban J connectivity index is 2.37. The van der Waals surface area contributed by atoms with Crippen LogP contribution in [0.15, 0.2) is 0 Å². The minimum Gasteiger partial charge on any atom is -0.353 e. The van der Waals surface area contributed by atoms with E-state index in [1.54, 1.807) is 0 Å². The average Bonchev–Trinajstić information content (AvgIpc) is 2.27. The van der Waals surface area contributed by atoms with Crippen LogP contribution >= 0.6 is 0 Å². The molecule has 0 aromatic heterocycles. The Hall–Kier alpha value is -0.610. The molecule has 0 saturated carbocycles. The Morgan fingerprint density at radius 3 is 2.19 bits per heavy atom. The zero-order valence-corrected chi connectivity index (χ0v) is 11.0. The average molecular weight is 227 g/mol. The summed E-state index contributed by atoms with van der Waals surface area (Å²) >= 11 is 0. The standard InChI is InChI=1S/C12H25N3O/c1-5-14-6-8-15(9-7-14)11(4)12(16)13-10(2)3/h10-11H,5-9H2,1-4H3,(H,13,16). The van der Waals surface area contributed by atoms with E-state index < -0.39 is 0 Å². The summed E-state index contributed by atoms with van der Waals surface area (Å²) in [6.07, 6.45) is 0. The highest BCUT2D eigenvalue weighted by Gasteiger charge is 2.24. The van der Waals surface area contributed by atoms with Crippen LogP contribution < -0.4 is 5.32 Å². The highest BCUT2D eigenvalue weighted by molar-refractivity contribution is 5.81. The van der Waals surface area contributed by atoms with Crippen molar-refractivity contribution in [3.8, 4) is 0 Å². The number of amides is 1. The molecule has 1 rings (SSSR count). The minimum absolute atomic E-state index is 0.00130. The molecular formula is C12H25N3O. The lowest BCUT2D eigenvalue weighted by molar-refractivity contribution is -0.127. The molecule has 1 aliphatic heterocycles. The molecule has 1 N–H and O–H groups in total. The second kappa shape index (κ2) is 6.21. The van der Waals surface area contributed by atoms with Gasteiger partial charge in [0, 0.05) is 32.2 Å². The third-order valence-corrected chi connectivity index (χ3v) is 3.21. The summed E-state index contributed by atoms with van der Waals surface area (Å²) in [4.78, 5) is 16.5. The molecule has 4 heteroatoms. The smallest absolute Gasteiger partial charge is 0.237 e. The lowest BCUT2D eigenvalue weighted by atomic mass is 10.2. The molecule has 1 aliphatic rings. The molecule has 1 atom stereocenters. The fourth-order valence-electron chi connectivity index (χ4n) is 2.04. The van der Waals surface area contributed by atoms with E-state index in [2.05, 4.69) is 22.0 Å². The third kappa shape index (κ3) is 3.76. The number of rotatable bonds is 4. The molecule has 1 saturated heterocycles. The number of piperazine rings is 1. The Bertz CT molecular complexity index is 222. The molecule has 1 fully saturated rings. The number of nitrogens with one attached hydrogen (secondary N) is 1. The van der Waals surface area contributed by atoms with Gasteiger partial charge in [0.15, 0.2) is 0 Å². The number of carbonyl (C=O) groups excluding carboxylic acids is 1. The Kier molecular flexibility index (Phi) is 5.22. The van der Waals surface area contributed by atoms with E-state index in [9.17, 15) is 4.79 Å². The van der Waals surface area contributed by atoms with Gasteiger partial charge >= 0.3 is 0 Å². The van der Waals surface area contributed by atoms with Crippen molar-refractivity contribution in [1.82, 2.24) is 15.1 Å². The number of hydrogen-bond acceptors (Lipinski definition) is 3. The number of likely N-dealkylation sites (N-methyl/N-ethyl adjacent to an activating group) is 1. The lowest BCUT2D eigenvalue weighted by Gasteiger charge is -2.37. The van der Waals surface area contributed by atoms with Crippen molar-refractivity contribution in [1.29, 1.82) is 0 Å². The molecule has 0 aromatic carbocycles. The van der Waals surface area contributed by atoms with Gasteiger partial charge in [-0.05, 0) is 27.3 Å². The molecule has 0 bridgehead atoms. The van der Waals surface area contributed by atoms with Crippen molar-refractivity contribution < 1.29 is 4.79 Å². The van der Waals surface area contributed by atoms with E-state index in [1.807, 2.05) is 20.8 Å². The first-order chi connectivity index (χ1) is 7.54. The quantitative estimate of drug-likeness (QED) is 0.761. The lowest BCUT2D eigenvalue weighted by Crippen LogP contribution is -2.54. The van der Waals surface area contributed by atoms with E-state index in [0.717, 1.165) is 32.7 Å². The van der Waals surface area contributed by atoms with Crippen molar-refractivity contribution in [3.63, 3.8) is 0 Å².